The topological polar surface area (TPSA) is 59.8 Å². The molecule has 1 saturated carbocycles. The Morgan fingerprint density at radius 1 is 1.04 bits per heavy atom. The molecule has 2 fully saturated rings. The summed E-state index contributed by atoms with van der Waals surface area (Å²) in [7, 11) is -3.86. The zero-order valence-electron chi connectivity index (χ0n) is 15.1. The normalized spacial score (nSPS) is 21.9. The van der Waals surface area contributed by atoms with E-state index in [2.05, 4.69) is 4.72 Å². The summed E-state index contributed by atoms with van der Waals surface area (Å²) in [5.41, 5.74) is -1.02. The molecule has 1 aliphatic heterocycles. The monoisotopic (exact) mass is 407 g/mol. The molecule has 0 amide bonds. The van der Waals surface area contributed by atoms with Gasteiger partial charge in [0.2, 0.25) is 10.0 Å². The number of nitrogens with one attached hydrogen (secondary N) is 2. The van der Waals surface area contributed by atoms with Gasteiger partial charge >= 0.3 is 6.18 Å². The summed E-state index contributed by atoms with van der Waals surface area (Å²) in [5.74, 6) is 0. The molecule has 0 unspecified atom stereocenters. The van der Waals surface area contributed by atoms with Crippen LogP contribution in [0.15, 0.2) is 29.2 Å². The third-order valence-electron chi connectivity index (χ3n) is 5.75. The zero-order chi connectivity index (χ0) is 19.5. The molecule has 0 aromatic heterocycles. The Bertz CT molecular complexity index is 723. The number of hydrogen-bond donors (Lipinski definition) is 2. The maximum Gasteiger partial charge on any atom is 0.416 e. The summed E-state index contributed by atoms with van der Waals surface area (Å²) in [6.07, 6.45) is 0.674. The van der Waals surface area contributed by atoms with Gasteiger partial charge in [0, 0.05) is 12.8 Å². The van der Waals surface area contributed by atoms with Crippen molar-refractivity contribution in [2.24, 2.45) is 0 Å². The van der Waals surface area contributed by atoms with Crippen molar-refractivity contribution in [3.8, 4) is 0 Å². The van der Waals surface area contributed by atoms with Crippen molar-refractivity contribution in [2.75, 3.05) is 32.8 Å². The maximum atomic E-state index is 12.7. The minimum Gasteiger partial charge on any atom is -0.370 e. The van der Waals surface area contributed by atoms with Crippen molar-refractivity contribution in [3.63, 3.8) is 0 Å². The van der Waals surface area contributed by atoms with Crippen LogP contribution < -0.4 is 9.62 Å². The van der Waals surface area contributed by atoms with Gasteiger partial charge in [0.1, 0.15) is 18.6 Å². The Morgan fingerprint density at radius 2 is 1.63 bits per heavy atom. The lowest BCUT2D eigenvalue weighted by atomic mass is 9.80. The summed E-state index contributed by atoms with van der Waals surface area (Å²) in [6.45, 7) is 3.33. The second-order valence-corrected chi connectivity index (χ2v) is 9.17. The Morgan fingerprint density at radius 3 is 2.19 bits per heavy atom. The van der Waals surface area contributed by atoms with Gasteiger partial charge < -0.3 is 9.64 Å². The molecule has 27 heavy (non-hydrogen) atoms. The Balaban J connectivity index is 1.73. The van der Waals surface area contributed by atoms with E-state index in [1.54, 1.807) is 0 Å². The molecule has 5 nitrogen and oxygen atoms in total. The van der Waals surface area contributed by atoms with Crippen LogP contribution in [0, 0.1) is 0 Å². The summed E-state index contributed by atoms with van der Waals surface area (Å²) in [6, 6.07) is 3.64. The third kappa shape index (κ3) is 4.82. The van der Waals surface area contributed by atoms with E-state index in [0.29, 0.717) is 19.8 Å². The van der Waals surface area contributed by atoms with Crippen molar-refractivity contribution < 1.29 is 31.2 Å². The average Bonchev–Trinajstić information content (AvgIpc) is 2.67. The molecular weight excluding hydrogens is 381 g/mol. The first-order valence-corrected chi connectivity index (χ1v) is 10.8. The number of quaternary nitrogens is 1. The number of halogens is 3. The minimum absolute atomic E-state index is 0.140. The first-order chi connectivity index (χ1) is 12.7. The highest BCUT2D eigenvalue weighted by molar-refractivity contribution is 7.89. The fourth-order valence-electron chi connectivity index (χ4n) is 4.17. The molecule has 0 bridgehead atoms. The van der Waals surface area contributed by atoms with E-state index >= 15 is 0 Å². The number of alkyl halides is 3. The van der Waals surface area contributed by atoms with Crippen LogP contribution in [-0.2, 0) is 20.9 Å². The van der Waals surface area contributed by atoms with Crippen molar-refractivity contribution in [3.05, 3.63) is 29.8 Å². The van der Waals surface area contributed by atoms with Crippen molar-refractivity contribution >= 4 is 10.0 Å². The summed E-state index contributed by atoms with van der Waals surface area (Å²) in [5, 5.41) is 0. The van der Waals surface area contributed by atoms with E-state index in [1.165, 1.54) is 4.90 Å². The molecule has 9 heteroatoms. The Hall–Kier alpha value is -1.16. The molecule has 0 atom stereocenters. The Kier molecular flexibility index (Phi) is 6.14. The van der Waals surface area contributed by atoms with Gasteiger partial charge in [-0.05, 0) is 37.1 Å². The fraction of sp³-hybridized carbons (Fsp3) is 0.667. The molecule has 152 valence electrons. The second-order valence-electron chi connectivity index (χ2n) is 7.40. The largest absolute Gasteiger partial charge is 0.416 e. The molecule has 2 N–H and O–H groups in total. The van der Waals surface area contributed by atoms with Crippen LogP contribution in [0.4, 0.5) is 13.2 Å². The standard InChI is InChI=1S/C18H25F3N2O3S/c19-18(20,21)15-4-6-16(7-5-15)27(24,25)22-14-17(8-2-1-3-9-17)23-10-12-26-13-11-23/h4-7,22H,1-3,8-14H2/p+1. The second kappa shape index (κ2) is 8.06. The maximum absolute atomic E-state index is 12.7. The van der Waals surface area contributed by atoms with E-state index in [1.807, 2.05) is 0 Å². The highest BCUT2D eigenvalue weighted by atomic mass is 32.2. The molecule has 1 aromatic rings. The van der Waals surface area contributed by atoms with E-state index in [-0.39, 0.29) is 10.4 Å². The lowest BCUT2D eigenvalue weighted by Crippen LogP contribution is -3.23. The summed E-state index contributed by atoms with van der Waals surface area (Å²) < 4.78 is 71.4. The van der Waals surface area contributed by atoms with E-state index < -0.39 is 21.8 Å². The van der Waals surface area contributed by atoms with Crippen LogP contribution in [0.3, 0.4) is 0 Å². The smallest absolute Gasteiger partial charge is 0.370 e. The van der Waals surface area contributed by atoms with Crippen LogP contribution in [0.2, 0.25) is 0 Å². The fourth-order valence-corrected chi connectivity index (χ4v) is 5.30. The quantitative estimate of drug-likeness (QED) is 0.780. The van der Waals surface area contributed by atoms with E-state index in [0.717, 1.165) is 69.5 Å². The van der Waals surface area contributed by atoms with Crippen LogP contribution in [0.5, 0.6) is 0 Å². The molecule has 1 heterocycles. The Labute approximate surface area is 157 Å². The highest BCUT2D eigenvalue weighted by Gasteiger charge is 2.43. The van der Waals surface area contributed by atoms with Gasteiger partial charge in [0.25, 0.3) is 0 Å². The molecule has 0 radical (unpaired) electrons. The number of rotatable bonds is 5. The molecule has 3 rings (SSSR count). The predicted molar refractivity (Wildman–Crippen MR) is 94.0 cm³/mol. The lowest BCUT2D eigenvalue weighted by Gasteiger charge is -2.44. The number of benzene rings is 1. The third-order valence-corrected chi connectivity index (χ3v) is 7.17. The van der Waals surface area contributed by atoms with Gasteiger partial charge in [-0.1, -0.05) is 6.42 Å². The highest BCUT2D eigenvalue weighted by Crippen LogP contribution is 2.30. The number of hydrogen-bond acceptors (Lipinski definition) is 3. The lowest BCUT2D eigenvalue weighted by molar-refractivity contribution is -0.960. The van der Waals surface area contributed by atoms with Crippen molar-refractivity contribution in [2.45, 2.75) is 48.7 Å². The zero-order valence-corrected chi connectivity index (χ0v) is 16.0. The predicted octanol–water partition coefficient (Wildman–Crippen LogP) is 1.60. The molecule has 0 spiro atoms. The first-order valence-electron chi connectivity index (χ1n) is 9.33. The minimum atomic E-state index is -4.48. The van der Waals surface area contributed by atoms with Gasteiger partial charge in [-0.3, -0.25) is 0 Å². The molecule has 2 aliphatic rings. The van der Waals surface area contributed by atoms with E-state index in [9.17, 15) is 21.6 Å². The van der Waals surface area contributed by atoms with Crippen molar-refractivity contribution in [1.29, 1.82) is 0 Å². The summed E-state index contributed by atoms with van der Waals surface area (Å²) >= 11 is 0. The van der Waals surface area contributed by atoms with Crippen LogP contribution in [-0.4, -0.2) is 46.8 Å². The van der Waals surface area contributed by atoms with Crippen LogP contribution in [0.1, 0.15) is 37.7 Å². The van der Waals surface area contributed by atoms with Gasteiger partial charge in [-0.2, -0.15) is 13.2 Å². The van der Waals surface area contributed by atoms with Crippen LogP contribution >= 0.6 is 0 Å². The molecular formula is C18H26F3N2O3S+. The van der Waals surface area contributed by atoms with Crippen LogP contribution in [0.25, 0.3) is 0 Å². The number of morpholine rings is 1. The average molecular weight is 407 g/mol. The molecule has 1 aromatic carbocycles. The van der Waals surface area contributed by atoms with Gasteiger partial charge in [0.05, 0.1) is 30.2 Å². The molecule has 1 aliphatic carbocycles. The van der Waals surface area contributed by atoms with Gasteiger partial charge in [-0.15, -0.1) is 0 Å². The number of ether oxygens (including phenoxy) is 1. The number of sulfonamides is 1. The molecule has 1 saturated heterocycles. The van der Waals surface area contributed by atoms with E-state index in [4.69, 9.17) is 4.74 Å². The van der Waals surface area contributed by atoms with Crippen molar-refractivity contribution in [1.82, 2.24) is 4.72 Å². The van der Waals surface area contributed by atoms with Gasteiger partial charge in [0.15, 0.2) is 0 Å². The SMILES string of the molecule is O=S(=O)(NCC1([NH+]2CCOCC2)CCCCC1)c1ccc(C(F)(F)F)cc1. The van der Waals surface area contributed by atoms with Gasteiger partial charge in [-0.25, -0.2) is 13.1 Å². The summed E-state index contributed by atoms with van der Waals surface area (Å²) in [4.78, 5) is 1.22. The first kappa shape index (κ1) is 20.6.